The average Bonchev–Trinajstić information content (AvgIpc) is 2.31. The van der Waals surface area contributed by atoms with E-state index in [0.29, 0.717) is 6.42 Å². The Bertz CT molecular complexity index is 387. The van der Waals surface area contributed by atoms with Crippen LogP contribution in [-0.4, -0.2) is 23.1 Å². The van der Waals surface area contributed by atoms with Crippen molar-refractivity contribution in [2.45, 2.75) is 25.4 Å². The van der Waals surface area contributed by atoms with Gasteiger partial charge in [0.05, 0.1) is 6.04 Å². The molecule has 0 spiro atoms. The van der Waals surface area contributed by atoms with Crippen LogP contribution >= 0.6 is 0 Å². The Morgan fingerprint density at radius 1 is 1.53 bits per heavy atom. The highest BCUT2D eigenvalue weighted by molar-refractivity contribution is 5.82. The molecular weight excluding hydrogens is 216 g/mol. The van der Waals surface area contributed by atoms with Crippen LogP contribution in [0, 0.1) is 0 Å². The first-order valence-electron chi connectivity index (χ1n) is 5.49. The molecule has 4 nitrogen and oxygen atoms in total. The summed E-state index contributed by atoms with van der Waals surface area (Å²) in [4.78, 5) is 11.7. The number of benzene rings is 1. The highest BCUT2D eigenvalue weighted by Crippen LogP contribution is 2.10. The lowest BCUT2D eigenvalue weighted by molar-refractivity contribution is -0.122. The largest absolute Gasteiger partial charge is 0.508 e. The normalized spacial score (nSPS) is 13.8. The Morgan fingerprint density at radius 2 is 2.12 bits per heavy atom. The van der Waals surface area contributed by atoms with E-state index in [2.05, 4.69) is 11.9 Å². The molecule has 1 rings (SSSR count). The highest BCUT2D eigenvalue weighted by atomic mass is 16.3. The number of hydrogen-bond acceptors (Lipinski definition) is 3. The summed E-state index contributed by atoms with van der Waals surface area (Å²) in [5, 5.41) is 11.9. The van der Waals surface area contributed by atoms with Gasteiger partial charge in [0.25, 0.3) is 0 Å². The van der Waals surface area contributed by atoms with Crippen LogP contribution in [0.1, 0.15) is 12.5 Å². The van der Waals surface area contributed by atoms with E-state index in [1.54, 1.807) is 30.3 Å². The van der Waals surface area contributed by atoms with Gasteiger partial charge < -0.3 is 16.2 Å². The first-order chi connectivity index (χ1) is 8.02. The number of aromatic hydroxyl groups is 1. The predicted octanol–water partition coefficient (Wildman–Crippen LogP) is 0.953. The number of nitrogens with one attached hydrogen (secondary N) is 1. The second-order valence-corrected chi connectivity index (χ2v) is 4.01. The maximum atomic E-state index is 11.7. The molecular formula is C13H18N2O2. The summed E-state index contributed by atoms with van der Waals surface area (Å²) in [6.07, 6.45) is 2.08. The molecule has 0 heterocycles. The van der Waals surface area contributed by atoms with E-state index in [-0.39, 0.29) is 17.7 Å². The molecule has 0 aliphatic carbocycles. The molecule has 0 bridgehead atoms. The van der Waals surface area contributed by atoms with Gasteiger partial charge in [-0.3, -0.25) is 4.79 Å². The third kappa shape index (κ3) is 4.28. The average molecular weight is 234 g/mol. The SMILES string of the molecule is C=CC(C)NC(=O)[C@H](N)Cc1ccc(O)cc1. The van der Waals surface area contributed by atoms with Crippen LogP contribution in [0.4, 0.5) is 0 Å². The minimum Gasteiger partial charge on any atom is -0.508 e. The fourth-order valence-electron chi connectivity index (χ4n) is 1.37. The summed E-state index contributed by atoms with van der Waals surface area (Å²) < 4.78 is 0. The summed E-state index contributed by atoms with van der Waals surface area (Å²) in [6.45, 7) is 5.41. The molecule has 1 aromatic carbocycles. The number of phenolic OH excluding ortho intramolecular Hbond substituents is 1. The van der Waals surface area contributed by atoms with Gasteiger partial charge >= 0.3 is 0 Å². The summed E-state index contributed by atoms with van der Waals surface area (Å²) in [5.74, 6) is -0.00229. The van der Waals surface area contributed by atoms with Gasteiger partial charge in [-0.1, -0.05) is 18.2 Å². The maximum Gasteiger partial charge on any atom is 0.237 e. The molecule has 4 heteroatoms. The molecule has 4 N–H and O–H groups in total. The van der Waals surface area contributed by atoms with Gasteiger partial charge in [-0.2, -0.15) is 0 Å². The van der Waals surface area contributed by atoms with Crippen molar-refractivity contribution < 1.29 is 9.90 Å². The third-order valence-corrected chi connectivity index (χ3v) is 2.45. The van der Waals surface area contributed by atoms with Gasteiger partial charge in [0.2, 0.25) is 5.91 Å². The number of rotatable bonds is 5. The number of carbonyl (C=O) groups excluding carboxylic acids is 1. The molecule has 0 fully saturated rings. The molecule has 0 saturated carbocycles. The number of hydrogen-bond donors (Lipinski definition) is 3. The monoisotopic (exact) mass is 234 g/mol. The van der Waals surface area contributed by atoms with Gasteiger partial charge in [0, 0.05) is 6.04 Å². The molecule has 92 valence electrons. The van der Waals surface area contributed by atoms with Crippen LogP contribution in [0.2, 0.25) is 0 Å². The van der Waals surface area contributed by atoms with Crippen LogP contribution in [-0.2, 0) is 11.2 Å². The Balaban J connectivity index is 2.53. The lowest BCUT2D eigenvalue weighted by Gasteiger charge is -2.15. The van der Waals surface area contributed by atoms with E-state index in [0.717, 1.165) is 5.56 Å². The number of amides is 1. The van der Waals surface area contributed by atoms with Gasteiger partial charge in [0.1, 0.15) is 5.75 Å². The Hall–Kier alpha value is -1.81. The summed E-state index contributed by atoms with van der Waals surface area (Å²) in [5.41, 5.74) is 6.70. The summed E-state index contributed by atoms with van der Waals surface area (Å²) in [7, 11) is 0. The molecule has 1 amide bonds. The molecule has 2 atom stereocenters. The van der Waals surface area contributed by atoms with Gasteiger partial charge in [-0.15, -0.1) is 6.58 Å². The van der Waals surface area contributed by atoms with Gasteiger partial charge in [0.15, 0.2) is 0 Å². The first kappa shape index (κ1) is 13.3. The fraction of sp³-hybridized carbons (Fsp3) is 0.308. The highest BCUT2D eigenvalue weighted by Gasteiger charge is 2.14. The molecule has 0 saturated heterocycles. The maximum absolute atomic E-state index is 11.7. The smallest absolute Gasteiger partial charge is 0.237 e. The molecule has 1 unspecified atom stereocenters. The third-order valence-electron chi connectivity index (χ3n) is 2.45. The van der Waals surface area contributed by atoms with Crippen molar-refractivity contribution in [2.24, 2.45) is 5.73 Å². The second kappa shape index (κ2) is 6.06. The topological polar surface area (TPSA) is 75.4 Å². The van der Waals surface area contributed by atoms with Crippen LogP contribution in [0.3, 0.4) is 0 Å². The van der Waals surface area contributed by atoms with Crippen molar-refractivity contribution >= 4 is 5.91 Å². The molecule has 1 aromatic rings. The minimum atomic E-state index is -0.595. The van der Waals surface area contributed by atoms with Crippen LogP contribution < -0.4 is 11.1 Å². The van der Waals surface area contributed by atoms with E-state index in [1.807, 2.05) is 6.92 Å². The van der Waals surface area contributed by atoms with Crippen LogP contribution in [0.15, 0.2) is 36.9 Å². The second-order valence-electron chi connectivity index (χ2n) is 4.01. The minimum absolute atomic E-state index is 0.0895. The van der Waals surface area contributed by atoms with Crippen LogP contribution in [0.5, 0.6) is 5.75 Å². The van der Waals surface area contributed by atoms with Crippen LogP contribution in [0.25, 0.3) is 0 Å². The predicted molar refractivity (Wildman–Crippen MR) is 67.6 cm³/mol. The van der Waals surface area contributed by atoms with Crippen molar-refractivity contribution in [2.75, 3.05) is 0 Å². The lowest BCUT2D eigenvalue weighted by atomic mass is 10.1. The molecule has 0 aliphatic rings. The molecule has 0 radical (unpaired) electrons. The zero-order valence-corrected chi connectivity index (χ0v) is 9.89. The van der Waals surface area contributed by atoms with Crippen molar-refractivity contribution in [3.8, 4) is 5.75 Å². The van der Waals surface area contributed by atoms with Crippen molar-refractivity contribution in [1.82, 2.24) is 5.32 Å². The number of phenols is 1. The Kier molecular flexibility index (Phi) is 4.72. The van der Waals surface area contributed by atoms with E-state index in [4.69, 9.17) is 10.8 Å². The number of carbonyl (C=O) groups is 1. The standard InChI is InChI=1S/C13H18N2O2/c1-3-9(2)15-13(17)12(14)8-10-4-6-11(16)7-5-10/h3-7,9,12,16H,1,8,14H2,2H3,(H,15,17)/t9?,12-/m1/s1. The van der Waals surface area contributed by atoms with Crippen molar-refractivity contribution in [3.63, 3.8) is 0 Å². The van der Waals surface area contributed by atoms with E-state index in [1.165, 1.54) is 0 Å². The lowest BCUT2D eigenvalue weighted by Crippen LogP contribution is -2.44. The molecule has 0 aromatic heterocycles. The Morgan fingerprint density at radius 3 is 2.65 bits per heavy atom. The van der Waals surface area contributed by atoms with E-state index < -0.39 is 6.04 Å². The summed E-state index contributed by atoms with van der Waals surface area (Å²) >= 11 is 0. The Labute approximate surface area is 101 Å². The molecule has 17 heavy (non-hydrogen) atoms. The molecule has 0 aliphatic heterocycles. The van der Waals surface area contributed by atoms with E-state index >= 15 is 0 Å². The summed E-state index contributed by atoms with van der Waals surface area (Å²) in [6, 6.07) is 5.97. The quantitative estimate of drug-likeness (QED) is 0.664. The zero-order chi connectivity index (χ0) is 12.8. The van der Waals surface area contributed by atoms with Gasteiger partial charge in [-0.25, -0.2) is 0 Å². The van der Waals surface area contributed by atoms with Crippen molar-refractivity contribution in [3.05, 3.63) is 42.5 Å². The van der Waals surface area contributed by atoms with E-state index in [9.17, 15) is 4.79 Å². The fourth-order valence-corrected chi connectivity index (χ4v) is 1.37. The zero-order valence-electron chi connectivity index (χ0n) is 9.89. The van der Waals surface area contributed by atoms with Gasteiger partial charge in [-0.05, 0) is 31.0 Å². The van der Waals surface area contributed by atoms with Crippen molar-refractivity contribution in [1.29, 1.82) is 0 Å². The number of nitrogens with two attached hydrogens (primary N) is 1. The first-order valence-corrected chi connectivity index (χ1v) is 5.49.